The van der Waals surface area contributed by atoms with Gasteiger partial charge in [-0.15, -0.1) is 0 Å². The van der Waals surface area contributed by atoms with E-state index < -0.39 is 24.4 Å². The van der Waals surface area contributed by atoms with E-state index in [1.165, 1.54) is 0 Å². The molecule has 0 spiro atoms. The van der Waals surface area contributed by atoms with Crippen molar-refractivity contribution < 1.29 is 23.6 Å². The zero-order chi connectivity index (χ0) is 18.4. The third-order valence-corrected chi connectivity index (χ3v) is 5.13. The summed E-state index contributed by atoms with van der Waals surface area (Å²) in [4.78, 5) is 11.9. The smallest absolute Gasteiger partial charge is 0.495 e. The molecule has 8 heteroatoms. The first-order valence-electron chi connectivity index (χ1n) is 8.30. The molecule has 0 aromatic carbocycles. The van der Waals surface area contributed by atoms with Gasteiger partial charge in [0.15, 0.2) is 0 Å². The van der Waals surface area contributed by atoms with Gasteiger partial charge in [0.2, 0.25) is 0 Å². The zero-order valence-electron chi connectivity index (χ0n) is 15.1. The Balaban J connectivity index is 1.80. The molecule has 6 nitrogen and oxygen atoms in total. The maximum absolute atomic E-state index is 11.9. The van der Waals surface area contributed by atoms with Crippen molar-refractivity contribution in [2.45, 2.75) is 51.9 Å². The Morgan fingerprint density at radius 2 is 2.20 bits per heavy atom. The first kappa shape index (κ1) is 18.5. The molecule has 0 aliphatic carbocycles. The number of hydrogen-bond acceptors (Lipinski definition) is 5. The van der Waals surface area contributed by atoms with Crippen LogP contribution in [0.1, 0.15) is 34.6 Å². The second-order valence-electron chi connectivity index (χ2n) is 7.74. The van der Waals surface area contributed by atoms with Crippen LogP contribution in [0, 0.1) is 0 Å². The molecule has 0 radical (unpaired) electrons. The van der Waals surface area contributed by atoms with Gasteiger partial charge in [-0.3, -0.25) is 0 Å². The van der Waals surface area contributed by atoms with Crippen LogP contribution >= 0.6 is 15.9 Å². The van der Waals surface area contributed by atoms with Crippen molar-refractivity contribution in [3.8, 4) is 0 Å². The summed E-state index contributed by atoms with van der Waals surface area (Å²) in [5.41, 5.74) is 2.08. The lowest BCUT2D eigenvalue weighted by molar-refractivity contribution is 0.0489. The molecule has 25 heavy (non-hydrogen) atoms. The van der Waals surface area contributed by atoms with Gasteiger partial charge in [-0.2, -0.15) is 0 Å². The lowest BCUT2D eigenvalue weighted by atomic mass is 9.70. The molecule has 1 amide bonds. The van der Waals surface area contributed by atoms with Crippen molar-refractivity contribution in [1.29, 1.82) is 0 Å². The number of rotatable bonds is 2. The van der Waals surface area contributed by atoms with Crippen LogP contribution in [0.2, 0.25) is 0 Å². The Hall–Kier alpha value is -1.25. The summed E-state index contributed by atoms with van der Waals surface area (Å²) in [6, 6.07) is 0. The van der Waals surface area contributed by atoms with Crippen molar-refractivity contribution in [3.05, 3.63) is 33.4 Å². The molecule has 0 bridgehead atoms. The largest absolute Gasteiger partial charge is 0.497 e. The number of alkyl carbamates (subject to hydrolysis) is 1. The van der Waals surface area contributed by atoms with E-state index in [1.807, 2.05) is 40.7 Å². The second kappa shape index (κ2) is 6.48. The Kier molecular flexibility index (Phi) is 4.81. The standard InChI is InChI=1S/C17H23BBrNO5/c1-16(2,3)23-15(21)20-8-12-14(19)10-6-7-22-9-11-13(10)18(24-12)25-17(11,4)5/h6-7,12H,8-9H2,1-5H3,(H,20,21)/t12-/m0/s1. The van der Waals surface area contributed by atoms with Gasteiger partial charge in [0.05, 0.1) is 24.5 Å². The molecule has 3 rings (SSSR count). The van der Waals surface area contributed by atoms with Crippen LogP contribution in [0.15, 0.2) is 33.4 Å². The van der Waals surface area contributed by atoms with Crippen molar-refractivity contribution in [2.24, 2.45) is 0 Å². The molecule has 0 unspecified atom stereocenters. The van der Waals surface area contributed by atoms with E-state index in [1.54, 1.807) is 6.26 Å². The third kappa shape index (κ3) is 3.81. The molecule has 0 saturated carbocycles. The maximum Gasteiger partial charge on any atom is 0.495 e. The number of halogens is 1. The molecule has 1 atom stereocenters. The Labute approximate surface area is 156 Å². The highest BCUT2D eigenvalue weighted by molar-refractivity contribution is 9.11. The minimum atomic E-state index is -0.544. The van der Waals surface area contributed by atoms with Crippen LogP contribution in [-0.2, 0) is 18.8 Å². The van der Waals surface area contributed by atoms with E-state index in [0.717, 1.165) is 21.1 Å². The fraction of sp³-hybridized carbons (Fsp3) is 0.588. The van der Waals surface area contributed by atoms with Gasteiger partial charge in [0.1, 0.15) is 12.2 Å². The van der Waals surface area contributed by atoms with E-state index in [4.69, 9.17) is 18.8 Å². The van der Waals surface area contributed by atoms with Gasteiger partial charge in [0.25, 0.3) is 0 Å². The molecular weight excluding hydrogens is 389 g/mol. The van der Waals surface area contributed by atoms with E-state index in [9.17, 15) is 4.79 Å². The van der Waals surface area contributed by atoms with Gasteiger partial charge in [-0.1, -0.05) is 15.9 Å². The monoisotopic (exact) mass is 411 g/mol. The average molecular weight is 412 g/mol. The molecule has 3 aliphatic heterocycles. The average Bonchev–Trinajstić information content (AvgIpc) is 2.63. The molecular formula is C17H23BBrNO5. The Morgan fingerprint density at radius 3 is 2.88 bits per heavy atom. The van der Waals surface area contributed by atoms with Crippen LogP contribution < -0.4 is 5.32 Å². The number of nitrogens with one attached hydrogen (secondary N) is 1. The Morgan fingerprint density at radius 1 is 1.48 bits per heavy atom. The first-order chi connectivity index (χ1) is 11.6. The maximum atomic E-state index is 11.9. The predicted molar refractivity (Wildman–Crippen MR) is 98.1 cm³/mol. The molecule has 0 aromatic rings. The van der Waals surface area contributed by atoms with Crippen molar-refractivity contribution in [1.82, 2.24) is 5.32 Å². The summed E-state index contributed by atoms with van der Waals surface area (Å²) < 4.78 is 23.9. The van der Waals surface area contributed by atoms with Crippen molar-refractivity contribution in [3.63, 3.8) is 0 Å². The predicted octanol–water partition coefficient (Wildman–Crippen LogP) is 3.24. The highest BCUT2D eigenvalue weighted by Gasteiger charge is 2.50. The molecule has 0 saturated heterocycles. The second-order valence-corrected chi connectivity index (χ2v) is 8.59. The summed E-state index contributed by atoms with van der Waals surface area (Å²) >= 11 is 3.63. The van der Waals surface area contributed by atoms with E-state index in [0.29, 0.717) is 6.61 Å². The molecule has 3 aliphatic rings. The van der Waals surface area contributed by atoms with Gasteiger partial charge < -0.3 is 24.1 Å². The van der Waals surface area contributed by atoms with E-state index in [2.05, 4.69) is 21.2 Å². The van der Waals surface area contributed by atoms with Crippen LogP contribution in [0.4, 0.5) is 4.79 Å². The summed E-state index contributed by atoms with van der Waals surface area (Å²) in [6.45, 7) is 10.2. The quantitative estimate of drug-likeness (QED) is 0.706. The van der Waals surface area contributed by atoms with Crippen LogP contribution in [-0.4, -0.2) is 43.7 Å². The summed E-state index contributed by atoms with van der Waals surface area (Å²) in [5, 5.41) is 2.75. The van der Waals surface area contributed by atoms with Gasteiger partial charge >= 0.3 is 13.2 Å². The van der Waals surface area contributed by atoms with Crippen LogP contribution in [0.3, 0.4) is 0 Å². The van der Waals surface area contributed by atoms with Crippen molar-refractivity contribution in [2.75, 3.05) is 13.2 Å². The lowest BCUT2D eigenvalue weighted by Gasteiger charge is -2.29. The highest BCUT2D eigenvalue weighted by Crippen LogP contribution is 2.45. The van der Waals surface area contributed by atoms with Gasteiger partial charge in [-0.25, -0.2) is 4.79 Å². The lowest BCUT2D eigenvalue weighted by Crippen LogP contribution is -2.43. The zero-order valence-corrected chi connectivity index (χ0v) is 16.7. The van der Waals surface area contributed by atoms with E-state index >= 15 is 0 Å². The SMILES string of the molecule is CC(C)(C)OC(=O)NC[C@@H]1OB2OC(C)(C)C3=C2C(=C1Br)C=COC3. The van der Waals surface area contributed by atoms with Crippen molar-refractivity contribution >= 4 is 29.1 Å². The Bertz CT molecular complexity index is 677. The fourth-order valence-electron chi connectivity index (χ4n) is 3.06. The number of hydrogen-bond donors (Lipinski definition) is 1. The minimum Gasteiger partial charge on any atom is -0.497 e. The molecule has 0 aromatic heterocycles. The van der Waals surface area contributed by atoms with Crippen LogP contribution in [0.5, 0.6) is 0 Å². The topological polar surface area (TPSA) is 66.0 Å². The van der Waals surface area contributed by atoms with E-state index in [-0.39, 0.29) is 12.6 Å². The third-order valence-electron chi connectivity index (χ3n) is 4.20. The number of allylic oxidation sites excluding steroid dienone is 3. The summed E-state index contributed by atoms with van der Waals surface area (Å²) in [7, 11) is -0.474. The highest BCUT2D eigenvalue weighted by atomic mass is 79.9. The minimum absolute atomic E-state index is 0.274. The first-order valence-corrected chi connectivity index (χ1v) is 9.09. The molecule has 0 fully saturated rings. The fourth-order valence-corrected chi connectivity index (χ4v) is 3.67. The molecule has 1 N–H and O–H groups in total. The number of carbonyl (C=O) groups excluding carboxylic acids is 1. The number of carbonyl (C=O) groups is 1. The normalized spacial score (nSPS) is 24.7. The summed E-state index contributed by atoms with van der Waals surface area (Å²) in [6.07, 6.45) is 2.75. The number of ether oxygens (including phenoxy) is 2. The van der Waals surface area contributed by atoms with Gasteiger partial charge in [0, 0.05) is 4.48 Å². The number of amides is 1. The molecule has 3 heterocycles. The van der Waals surface area contributed by atoms with Gasteiger partial charge in [-0.05, 0) is 57.3 Å². The van der Waals surface area contributed by atoms with Crippen LogP contribution in [0.25, 0.3) is 0 Å². The molecule has 136 valence electrons. The summed E-state index contributed by atoms with van der Waals surface area (Å²) in [5.74, 6) is 0.